The minimum atomic E-state index is -1.29. The Morgan fingerprint density at radius 2 is 1.44 bits per heavy atom. The van der Waals surface area contributed by atoms with Crippen LogP contribution in [0.3, 0.4) is 0 Å². The van der Waals surface area contributed by atoms with Gasteiger partial charge < -0.3 is 28.4 Å². The van der Waals surface area contributed by atoms with Gasteiger partial charge in [-0.25, -0.2) is 0 Å². The summed E-state index contributed by atoms with van der Waals surface area (Å²) in [6, 6.07) is 0. The van der Waals surface area contributed by atoms with Crippen molar-refractivity contribution >= 4 is 0 Å². The highest BCUT2D eigenvalue weighted by molar-refractivity contribution is 5.11. The van der Waals surface area contributed by atoms with Gasteiger partial charge in [0.15, 0.2) is 0 Å². The Labute approximate surface area is 161 Å². The maximum Gasteiger partial charge on any atom is 0.412 e. The van der Waals surface area contributed by atoms with Crippen molar-refractivity contribution in [1.29, 1.82) is 0 Å². The molecule has 0 bridgehead atoms. The molecule has 6 rings (SSSR count). The van der Waals surface area contributed by atoms with Gasteiger partial charge in [-0.3, -0.25) is 0 Å². The van der Waals surface area contributed by atoms with Gasteiger partial charge in [0.1, 0.15) is 0 Å². The largest absolute Gasteiger partial charge is 0.412 e. The third-order valence-electron chi connectivity index (χ3n) is 8.11. The van der Waals surface area contributed by atoms with Crippen LogP contribution in [0.25, 0.3) is 0 Å². The number of rotatable bonds is 5. The average molecular weight is 380 g/mol. The smallest absolute Gasteiger partial charge is 0.366 e. The first-order valence-corrected chi connectivity index (χ1v) is 11.0. The van der Waals surface area contributed by atoms with Crippen LogP contribution in [0.15, 0.2) is 0 Å². The Hall–Kier alpha value is -0.240. The zero-order valence-electron chi connectivity index (χ0n) is 16.4. The summed E-state index contributed by atoms with van der Waals surface area (Å²) in [5, 5.41) is 0. The third kappa shape index (κ3) is 2.82. The highest BCUT2D eigenvalue weighted by atomic mass is 17.0. The van der Waals surface area contributed by atoms with E-state index in [0.717, 1.165) is 19.3 Å². The Morgan fingerprint density at radius 1 is 0.815 bits per heavy atom. The molecule has 152 valence electrons. The minimum Gasteiger partial charge on any atom is -0.366 e. The summed E-state index contributed by atoms with van der Waals surface area (Å²) in [6.07, 6.45) is 10.1. The number of epoxide rings is 2. The molecule has 2 saturated carbocycles. The Morgan fingerprint density at radius 3 is 1.96 bits per heavy atom. The number of hydrogen-bond donors (Lipinski definition) is 0. The molecule has 1 spiro atoms. The molecule has 4 saturated heterocycles. The molecule has 2 aliphatic carbocycles. The van der Waals surface area contributed by atoms with Crippen LogP contribution >= 0.6 is 0 Å². The second kappa shape index (κ2) is 5.89. The molecule has 0 amide bonds. The van der Waals surface area contributed by atoms with E-state index in [9.17, 15) is 0 Å². The lowest BCUT2D eigenvalue weighted by Gasteiger charge is -2.47. The zero-order valence-corrected chi connectivity index (χ0v) is 16.4. The van der Waals surface area contributed by atoms with Gasteiger partial charge in [0.2, 0.25) is 0 Å². The molecule has 6 heteroatoms. The fourth-order valence-electron chi connectivity index (χ4n) is 6.22. The van der Waals surface area contributed by atoms with Gasteiger partial charge in [0.05, 0.1) is 49.8 Å². The number of ether oxygens (including phenoxy) is 6. The maximum absolute atomic E-state index is 6.09. The van der Waals surface area contributed by atoms with E-state index in [1.807, 2.05) is 0 Å². The molecule has 0 radical (unpaired) electrons. The van der Waals surface area contributed by atoms with Crippen molar-refractivity contribution in [1.82, 2.24) is 0 Å². The highest BCUT2D eigenvalue weighted by Crippen LogP contribution is 2.57. The predicted molar refractivity (Wildman–Crippen MR) is 94.9 cm³/mol. The first kappa shape index (κ1) is 17.6. The standard InChI is InChI=1S/C21H32O6/c1-2-18(12-20-8-4-6-17(20)27-20)13-24-21(25-14-18)22-10-15(11-23-21)9-19-7-3-5-16(19)26-19/h15-17H,2-14H2,1H3. The summed E-state index contributed by atoms with van der Waals surface area (Å²) in [4.78, 5) is 0. The number of fused-ring (bicyclic) bond motifs is 2. The summed E-state index contributed by atoms with van der Waals surface area (Å²) in [5.41, 5.74) is 0.245. The van der Waals surface area contributed by atoms with Crippen LogP contribution < -0.4 is 0 Å². The Balaban J connectivity index is 1.04. The lowest BCUT2D eigenvalue weighted by atomic mass is 9.77. The van der Waals surface area contributed by atoms with Crippen LogP contribution in [0.2, 0.25) is 0 Å². The normalized spacial score (nSPS) is 56.1. The topological polar surface area (TPSA) is 62.0 Å². The third-order valence-corrected chi connectivity index (χ3v) is 8.11. The van der Waals surface area contributed by atoms with Crippen molar-refractivity contribution in [2.45, 2.75) is 94.3 Å². The monoisotopic (exact) mass is 380 g/mol. The fraction of sp³-hybridized carbons (Fsp3) is 1.00. The average Bonchev–Trinajstić information content (AvgIpc) is 3.46. The molecule has 6 fully saturated rings. The Kier molecular flexibility index (Phi) is 3.84. The molecular weight excluding hydrogens is 348 g/mol. The molecular formula is C21H32O6. The molecule has 0 N–H and O–H groups in total. The van der Waals surface area contributed by atoms with Gasteiger partial charge in [0, 0.05) is 11.3 Å². The van der Waals surface area contributed by atoms with Crippen molar-refractivity contribution < 1.29 is 28.4 Å². The van der Waals surface area contributed by atoms with Crippen molar-refractivity contribution in [3.05, 3.63) is 0 Å². The van der Waals surface area contributed by atoms with E-state index in [1.165, 1.54) is 38.5 Å². The SMILES string of the molecule is CCC1(CC23CCCC2O3)COC2(OCC(CC34CCCC3O4)CO2)OC1. The highest BCUT2D eigenvalue weighted by Gasteiger charge is 2.64. The van der Waals surface area contributed by atoms with Crippen LogP contribution in [0, 0.1) is 11.3 Å². The molecule has 0 aromatic carbocycles. The van der Waals surface area contributed by atoms with Gasteiger partial charge in [-0.15, -0.1) is 0 Å². The van der Waals surface area contributed by atoms with Crippen LogP contribution in [0.4, 0.5) is 0 Å². The molecule has 6 aliphatic rings. The lowest BCUT2D eigenvalue weighted by molar-refractivity contribution is -0.542. The van der Waals surface area contributed by atoms with Crippen LogP contribution in [0.5, 0.6) is 0 Å². The van der Waals surface area contributed by atoms with Crippen LogP contribution in [0.1, 0.15) is 64.7 Å². The first-order chi connectivity index (χ1) is 13.1. The first-order valence-electron chi connectivity index (χ1n) is 11.0. The quantitative estimate of drug-likeness (QED) is 0.683. The van der Waals surface area contributed by atoms with Crippen molar-refractivity contribution in [2.24, 2.45) is 11.3 Å². The van der Waals surface area contributed by atoms with Gasteiger partial charge in [-0.05, 0) is 57.8 Å². The van der Waals surface area contributed by atoms with Crippen LogP contribution in [-0.4, -0.2) is 56.0 Å². The molecule has 4 aliphatic heterocycles. The van der Waals surface area contributed by atoms with Gasteiger partial charge in [-0.1, -0.05) is 6.92 Å². The summed E-state index contributed by atoms with van der Waals surface area (Å²) < 4.78 is 36.1. The maximum atomic E-state index is 6.09. The van der Waals surface area contributed by atoms with E-state index in [2.05, 4.69) is 6.92 Å². The molecule has 4 unspecified atom stereocenters. The van der Waals surface area contributed by atoms with E-state index in [1.54, 1.807) is 0 Å². The Bertz CT molecular complexity index is 591. The van der Waals surface area contributed by atoms with E-state index in [4.69, 9.17) is 28.4 Å². The fourth-order valence-corrected chi connectivity index (χ4v) is 6.22. The van der Waals surface area contributed by atoms with Crippen molar-refractivity contribution in [3.63, 3.8) is 0 Å². The summed E-state index contributed by atoms with van der Waals surface area (Å²) in [5.74, 6) is 0.363. The molecule has 0 aromatic rings. The summed E-state index contributed by atoms with van der Waals surface area (Å²) in [6.45, 7) is 4.68. The minimum absolute atomic E-state index is 0.00575. The molecule has 6 nitrogen and oxygen atoms in total. The van der Waals surface area contributed by atoms with E-state index >= 15 is 0 Å². The summed E-state index contributed by atoms with van der Waals surface area (Å²) in [7, 11) is 0. The van der Waals surface area contributed by atoms with Crippen LogP contribution in [-0.2, 0) is 28.4 Å². The van der Waals surface area contributed by atoms with Crippen molar-refractivity contribution in [3.8, 4) is 0 Å². The van der Waals surface area contributed by atoms with Gasteiger partial charge in [-0.2, -0.15) is 0 Å². The van der Waals surface area contributed by atoms with E-state index in [0.29, 0.717) is 44.6 Å². The van der Waals surface area contributed by atoms with Gasteiger partial charge in [0.25, 0.3) is 0 Å². The molecule has 27 heavy (non-hydrogen) atoms. The predicted octanol–water partition coefficient (Wildman–Crippen LogP) is 3.13. The molecule has 4 heterocycles. The van der Waals surface area contributed by atoms with Crippen molar-refractivity contribution in [2.75, 3.05) is 26.4 Å². The second-order valence-electron chi connectivity index (χ2n) is 9.93. The zero-order chi connectivity index (χ0) is 18.2. The number of hydrogen-bond acceptors (Lipinski definition) is 6. The van der Waals surface area contributed by atoms with Gasteiger partial charge >= 0.3 is 6.16 Å². The van der Waals surface area contributed by atoms with E-state index < -0.39 is 6.16 Å². The second-order valence-corrected chi connectivity index (χ2v) is 9.93. The lowest BCUT2D eigenvalue weighted by Crippen LogP contribution is -2.56. The molecule has 0 aromatic heterocycles. The van der Waals surface area contributed by atoms with E-state index in [-0.39, 0.29) is 16.6 Å². The molecule has 4 atom stereocenters. The summed E-state index contributed by atoms with van der Waals surface area (Å²) >= 11 is 0.